The van der Waals surface area contributed by atoms with Gasteiger partial charge in [0.15, 0.2) is 0 Å². The van der Waals surface area contributed by atoms with Crippen molar-refractivity contribution < 1.29 is 4.79 Å². The first-order valence-electron chi connectivity index (χ1n) is 5.94. The summed E-state index contributed by atoms with van der Waals surface area (Å²) in [5.41, 5.74) is 1.25. The van der Waals surface area contributed by atoms with Gasteiger partial charge < -0.3 is 10.6 Å². The molecule has 1 aliphatic rings. The summed E-state index contributed by atoms with van der Waals surface area (Å²) in [5, 5.41) is 6.42. The van der Waals surface area contributed by atoms with E-state index in [0.29, 0.717) is 6.42 Å². The van der Waals surface area contributed by atoms with E-state index in [2.05, 4.69) is 39.6 Å². The fourth-order valence-corrected chi connectivity index (χ4v) is 2.71. The molecule has 0 bridgehead atoms. The lowest BCUT2D eigenvalue weighted by molar-refractivity contribution is -0.119. The van der Waals surface area contributed by atoms with Crippen molar-refractivity contribution >= 4 is 21.8 Å². The van der Waals surface area contributed by atoms with E-state index in [4.69, 9.17) is 0 Å². The molecule has 17 heavy (non-hydrogen) atoms. The summed E-state index contributed by atoms with van der Waals surface area (Å²) in [6.45, 7) is 2.96. The molecule has 0 aliphatic carbocycles. The van der Waals surface area contributed by atoms with Crippen LogP contribution in [0.5, 0.6) is 0 Å². The Labute approximate surface area is 110 Å². The lowest BCUT2D eigenvalue weighted by Crippen LogP contribution is -2.36. The molecule has 1 fully saturated rings. The van der Waals surface area contributed by atoms with Crippen LogP contribution < -0.4 is 10.6 Å². The summed E-state index contributed by atoms with van der Waals surface area (Å²) in [6.07, 6.45) is 1.60. The second-order valence-electron chi connectivity index (χ2n) is 4.45. The summed E-state index contributed by atoms with van der Waals surface area (Å²) >= 11 is 3.55. The van der Waals surface area contributed by atoms with Crippen LogP contribution in [0.3, 0.4) is 0 Å². The number of benzene rings is 1. The molecule has 92 valence electrons. The first-order chi connectivity index (χ1) is 8.16. The molecule has 1 heterocycles. The predicted octanol–water partition coefficient (Wildman–Crippen LogP) is 2.38. The van der Waals surface area contributed by atoms with E-state index in [1.807, 2.05) is 18.2 Å². The summed E-state index contributed by atoms with van der Waals surface area (Å²) in [6, 6.07) is 8.77. The molecule has 1 aromatic carbocycles. The van der Waals surface area contributed by atoms with Crippen molar-refractivity contribution in [2.75, 3.05) is 6.54 Å². The van der Waals surface area contributed by atoms with Crippen molar-refractivity contribution in [3.05, 3.63) is 34.3 Å². The number of carbonyl (C=O) groups is 1. The third-order valence-electron chi connectivity index (χ3n) is 3.13. The molecule has 0 aromatic heterocycles. The van der Waals surface area contributed by atoms with Gasteiger partial charge in [-0.05, 0) is 25.0 Å². The average Bonchev–Trinajstić information content (AvgIpc) is 2.73. The molecule has 1 saturated heterocycles. The van der Waals surface area contributed by atoms with Crippen LogP contribution in [0.15, 0.2) is 28.7 Å². The maximum Gasteiger partial charge on any atom is 0.220 e. The van der Waals surface area contributed by atoms with E-state index in [0.717, 1.165) is 17.4 Å². The molecule has 1 aromatic rings. The highest BCUT2D eigenvalue weighted by atomic mass is 79.9. The van der Waals surface area contributed by atoms with Crippen molar-refractivity contribution in [1.29, 1.82) is 0 Å². The Balaban J connectivity index is 1.87. The maximum absolute atomic E-state index is 11.1. The van der Waals surface area contributed by atoms with Crippen LogP contribution in [0.4, 0.5) is 0 Å². The van der Waals surface area contributed by atoms with Crippen molar-refractivity contribution in [3.8, 4) is 0 Å². The van der Waals surface area contributed by atoms with Crippen LogP contribution in [-0.2, 0) is 4.79 Å². The molecule has 2 N–H and O–H groups in total. The lowest BCUT2D eigenvalue weighted by Gasteiger charge is -2.18. The molecule has 0 spiro atoms. The van der Waals surface area contributed by atoms with Gasteiger partial charge in [0.2, 0.25) is 5.91 Å². The molecule has 1 amide bonds. The van der Waals surface area contributed by atoms with Gasteiger partial charge in [-0.15, -0.1) is 0 Å². The summed E-state index contributed by atoms with van der Waals surface area (Å²) in [7, 11) is 0. The third kappa shape index (κ3) is 3.30. The van der Waals surface area contributed by atoms with E-state index in [1.165, 1.54) is 5.56 Å². The quantitative estimate of drug-likeness (QED) is 0.896. The standard InChI is InChI=1S/C13H17BrN2O/c1-9(11-4-2-3-5-12(11)14)15-8-10-6-7-13(17)16-10/h2-5,9-10,15H,6-8H2,1H3,(H,16,17). The Morgan fingerprint density at radius 1 is 1.53 bits per heavy atom. The first-order valence-corrected chi connectivity index (χ1v) is 6.73. The SMILES string of the molecule is CC(NCC1CCC(=O)N1)c1ccccc1Br. The van der Waals surface area contributed by atoms with Crippen LogP contribution >= 0.6 is 15.9 Å². The molecule has 2 unspecified atom stereocenters. The molecular weight excluding hydrogens is 280 g/mol. The maximum atomic E-state index is 11.1. The van der Waals surface area contributed by atoms with Gasteiger partial charge in [-0.1, -0.05) is 34.1 Å². The highest BCUT2D eigenvalue weighted by Crippen LogP contribution is 2.22. The number of carbonyl (C=O) groups excluding carboxylic acids is 1. The topological polar surface area (TPSA) is 41.1 Å². The fourth-order valence-electron chi connectivity index (χ4n) is 2.09. The van der Waals surface area contributed by atoms with Crippen molar-refractivity contribution in [2.24, 2.45) is 0 Å². The van der Waals surface area contributed by atoms with E-state index in [9.17, 15) is 4.79 Å². The van der Waals surface area contributed by atoms with Gasteiger partial charge in [0.05, 0.1) is 0 Å². The minimum Gasteiger partial charge on any atom is -0.352 e. The van der Waals surface area contributed by atoms with E-state index in [1.54, 1.807) is 0 Å². The van der Waals surface area contributed by atoms with Crippen LogP contribution in [0.25, 0.3) is 0 Å². The van der Waals surface area contributed by atoms with Gasteiger partial charge in [0, 0.05) is 29.5 Å². The molecule has 4 heteroatoms. The van der Waals surface area contributed by atoms with Crippen LogP contribution in [-0.4, -0.2) is 18.5 Å². The van der Waals surface area contributed by atoms with Gasteiger partial charge in [-0.3, -0.25) is 4.79 Å². The van der Waals surface area contributed by atoms with Gasteiger partial charge >= 0.3 is 0 Å². The van der Waals surface area contributed by atoms with Crippen LogP contribution in [0.1, 0.15) is 31.4 Å². The molecule has 1 aliphatic heterocycles. The van der Waals surface area contributed by atoms with Crippen LogP contribution in [0.2, 0.25) is 0 Å². The number of amides is 1. The molecule has 2 atom stereocenters. The van der Waals surface area contributed by atoms with Crippen molar-refractivity contribution in [3.63, 3.8) is 0 Å². The van der Waals surface area contributed by atoms with Gasteiger partial charge in [0.25, 0.3) is 0 Å². The monoisotopic (exact) mass is 296 g/mol. The predicted molar refractivity (Wildman–Crippen MR) is 71.7 cm³/mol. The largest absolute Gasteiger partial charge is 0.352 e. The zero-order valence-corrected chi connectivity index (χ0v) is 11.5. The molecular formula is C13H17BrN2O. The van der Waals surface area contributed by atoms with Crippen molar-refractivity contribution in [2.45, 2.75) is 31.8 Å². The minimum atomic E-state index is 0.172. The summed E-state index contributed by atoms with van der Waals surface area (Å²) in [4.78, 5) is 11.1. The normalized spacial score (nSPS) is 21.3. The minimum absolute atomic E-state index is 0.172. The number of nitrogens with one attached hydrogen (secondary N) is 2. The zero-order chi connectivity index (χ0) is 12.3. The van der Waals surface area contributed by atoms with Crippen LogP contribution in [0, 0.1) is 0 Å². The average molecular weight is 297 g/mol. The summed E-state index contributed by atoms with van der Waals surface area (Å²) in [5.74, 6) is 0.172. The highest BCUT2D eigenvalue weighted by molar-refractivity contribution is 9.10. The van der Waals surface area contributed by atoms with Gasteiger partial charge in [-0.2, -0.15) is 0 Å². The molecule has 0 radical (unpaired) electrons. The second kappa shape index (κ2) is 5.65. The third-order valence-corrected chi connectivity index (χ3v) is 3.85. The Bertz CT molecular complexity index is 408. The van der Waals surface area contributed by atoms with E-state index in [-0.39, 0.29) is 18.0 Å². The number of rotatable bonds is 4. The van der Waals surface area contributed by atoms with Gasteiger partial charge in [0.1, 0.15) is 0 Å². The zero-order valence-electron chi connectivity index (χ0n) is 9.87. The summed E-state index contributed by atoms with van der Waals surface area (Å²) < 4.78 is 1.12. The molecule has 2 rings (SSSR count). The first kappa shape index (κ1) is 12.6. The number of halogens is 1. The van der Waals surface area contributed by atoms with Crippen molar-refractivity contribution in [1.82, 2.24) is 10.6 Å². The second-order valence-corrected chi connectivity index (χ2v) is 5.31. The fraction of sp³-hybridized carbons (Fsp3) is 0.462. The highest BCUT2D eigenvalue weighted by Gasteiger charge is 2.21. The Kier molecular flexibility index (Phi) is 4.18. The van der Waals surface area contributed by atoms with E-state index >= 15 is 0 Å². The lowest BCUT2D eigenvalue weighted by atomic mass is 10.1. The number of hydrogen-bond acceptors (Lipinski definition) is 2. The number of hydrogen-bond donors (Lipinski definition) is 2. The van der Waals surface area contributed by atoms with E-state index < -0.39 is 0 Å². The Morgan fingerprint density at radius 3 is 2.94 bits per heavy atom. The Hall–Kier alpha value is -0.870. The molecule has 3 nitrogen and oxygen atoms in total. The molecule has 0 saturated carbocycles. The Morgan fingerprint density at radius 2 is 2.29 bits per heavy atom. The van der Waals surface area contributed by atoms with Gasteiger partial charge in [-0.25, -0.2) is 0 Å². The smallest absolute Gasteiger partial charge is 0.220 e.